The van der Waals surface area contributed by atoms with E-state index in [4.69, 9.17) is 11.6 Å². The van der Waals surface area contributed by atoms with Crippen molar-refractivity contribution in [2.45, 2.75) is 31.8 Å². The molecular formula is C21H20ClN3O2. The molecule has 1 heterocycles. The number of halogens is 1. The molecule has 0 fully saturated rings. The summed E-state index contributed by atoms with van der Waals surface area (Å²) in [6.45, 7) is -0.0382. The third kappa shape index (κ3) is 3.35. The van der Waals surface area contributed by atoms with E-state index in [2.05, 4.69) is 17.1 Å². The van der Waals surface area contributed by atoms with Gasteiger partial charge in [-0.1, -0.05) is 35.9 Å². The second-order valence-corrected chi connectivity index (χ2v) is 7.39. The van der Waals surface area contributed by atoms with Crippen molar-refractivity contribution < 1.29 is 4.79 Å². The number of fused-ring (bicyclic) bond motifs is 2. The molecule has 0 saturated carbocycles. The monoisotopic (exact) mass is 381 g/mol. The van der Waals surface area contributed by atoms with Gasteiger partial charge in [0.2, 0.25) is 5.91 Å². The Morgan fingerprint density at radius 3 is 2.96 bits per heavy atom. The first-order chi connectivity index (χ1) is 13.0. The summed E-state index contributed by atoms with van der Waals surface area (Å²) < 4.78 is 1.35. The van der Waals surface area contributed by atoms with Gasteiger partial charge in [0.1, 0.15) is 6.54 Å². The lowest BCUT2D eigenvalue weighted by molar-refractivity contribution is -0.133. The zero-order valence-corrected chi connectivity index (χ0v) is 15.8. The minimum atomic E-state index is -0.256. The zero-order chi connectivity index (χ0) is 19.0. The summed E-state index contributed by atoms with van der Waals surface area (Å²) in [5.41, 5.74) is 2.82. The molecular weight excluding hydrogens is 362 g/mol. The molecule has 5 nitrogen and oxygen atoms in total. The maximum atomic E-state index is 12.9. The van der Waals surface area contributed by atoms with E-state index in [0.717, 1.165) is 19.3 Å². The summed E-state index contributed by atoms with van der Waals surface area (Å²) in [7, 11) is 1.81. The van der Waals surface area contributed by atoms with Crippen molar-refractivity contribution in [1.82, 2.24) is 14.5 Å². The van der Waals surface area contributed by atoms with E-state index < -0.39 is 0 Å². The van der Waals surface area contributed by atoms with E-state index >= 15 is 0 Å². The highest BCUT2D eigenvalue weighted by Gasteiger charge is 2.26. The number of carbonyl (C=O) groups is 1. The minimum Gasteiger partial charge on any atom is -0.337 e. The van der Waals surface area contributed by atoms with Crippen LogP contribution in [0.3, 0.4) is 0 Å². The van der Waals surface area contributed by atoms with Crippen molar-refractivity contribution in [3.63, 3.8) is 0 Å². The maximum absolute atomic E-state index is 12.9. The average Bonchev–Trinajstić information content (AvgIpc) is 2.69. The van der Waals surface area contributed by atoms with Gasteiger partial charge in [0.15, 0.2) is 0 Å². The molecule has 1 unspecified atom stereocenters. The summed E-state index contributed by atoms with van der Waals surface area (Å²) in [6.07, 6.45) is 4.46. The predicted molar refractivity (Wildman–Crippen MR) is 106 cm³/mol. The second-order valence-electron chi connectivity index (χ2n) is 6.95. The van der Waals surface area contributed by atoms with Crippen molar-refractivity contribution in [2.24, 2.45) is 0 Å². The lowest BCUT2D eigenvalue weighted by Crippen LogP contribution is -2.37. The van der Waals surface area contributed by atoms with Gasteiger partial charge in [0.25, 0.3) is 5.56 Å². The van der Waals surface area contributed by atoms with Gasteiger partial charge in [-0.2, -0.15) is 0 Å². The molecule has 0 radical (unpaired) electrons. The van der Waals surface area contributed by atoms with Crippen LogP contribution in [0.2, 0.25) is 5.02 Å². The molecule has 138 valence electrons. The van der Waals surface area contributed by atoms with E-state index in [-0.39, 0.29) is 24.1 Å². The number of carbonyl (C=O) groups excluding carboxylic acids is 1. The van der Waals surface area contributed by atoms with Crippen LogP contribution < -0.4 is 5.56 Å². The first-order valence-corrected chi connectivity index (χ1v) is 9.40. The highest BCUT2D eigenvalue weighted by Crippen LogP contribution is 2.33. The molecule has 1 amide bonds. The summed E-state index contributed by atoms with van der Waals surface area (Å²) in [5, 5.41) is 0.893. The Morgan fingerprint density at radius 1 is 1.30 bits per heavy atom. The third-order valence-corrected chi connectivity index (χ3v) is 5.53. The van der Waals surface area contributed by atoms with Gasteiger partial charge in [-0.3, -0.25) is 14.2 Å². The maximum Gasteiger partial charge on any atom is 0.261 e. The van der Waals surface area contributed by atoms with Crippen LogP contribution in [0.4, 0.5) is 0 Å². The van der Waals surface area contributed by atoms with Gasteiger partial charge < -0.3 is 4.90 Å². The SMILES string of the molecule is CN(C(=O)Cn1cnc2ccc(Cl)cc2c1=O)C1CCCc2ccccc21. The van der Waals surface area contributed by atoms with E-state index in [1.54, 1.807) is 23.1 Å². The fourth-order valence-electron chi connectivity index (χ4n) is 3.81. The quantitative estimate of drug-likeness (QED) is 0.696. The Balaban J connectivity index is 1.60. The smallest absolute Gasteiger partial charge is 0.261 e. The number of nitrogens with zero attached hydrogens (tertiary/aromatic N) is 3. The van der Waals surface area contributed by atoms with Crippen LogP contribution >= 0.6 is 11.6 Å². The van der Waals surface area contributed by atoms with Crippen molar-refractivity contribution in [3.8, 4) is 0 Å². The van der Waals surface area contributed by atoms with Crippen molar-refractivity contribution >= 4 is 28.4 Å². The molecule has 1 aliphatic rings. The molecule has 27 heavy (non-hydrogen) atoms. The number of aromatic nitrogens is 2. The Labute approximate surface area is 162 Å². The van der Waals surface area contributed by atoms with Crippen molar-refractivity contribution in [1.29, 1.82) is 0 Å². The van der Waals surface area contributed by atoms with Crippen LogP contribution in [0.5, 0.6) is 0 Å². The largest absolute Gasteiger partial charge is 0.337 e. The fourth-order valence-corrected chi connectivity index (χ4v) is 3.98. The summed E-state index contributed by atoms with van der Waals surface area (Å²) >= 11 is 6.00. The zero-order valence-electron chi connectivity index (χ0n) is 15.1. The van der Waals surface area contributed by atoms with Crippen LogP contribution in [0, 0.1) is 0 Å². The molecule has 0 N–H and O–H groups in total. The Kier molecular flexibility index (Phi) is 4.70. The van der Waals surface area contributed by atoms with Gasteiger partial charge >= 0.3 is 0 Å². The van der Waals surface area contributed by atoms with Crippen LogP contribution in [0.1, 0.15) is 30.0 Å². The van der Waals surface area contributed by atoms with E-state index in [1.807, 2.05) is 19.2 Å². The lowest BCUT2D eigenvalue weighted by atomic mass is 9.87. The second kappa shape index (κ2) is 7.16. The number of amides is 1. The van der Waals surface area contributed by atoms with Gasteiger partial charge in [-0.05, 0) is 48.6 Å². The fraction of sp³-hybridized carbons (Fsp3) is 0.286. The van der Waals surface area contributed by atoms with Crippen LogP contribution in [-0.2, 0) is 17.8 Å². The average molecular weight is 382 g/mol. The van der Waals surface area contributed by atoms with Crippen molar-refractivity contribution in [2.75, 3.05) is 7.05 Å². The van der Waals surface area contributed by atoms with E-state index in [1.165, 1.54) is 22.0 Å². The summed E-state index contributed by atoms with van der Waals surface area (Å²) in [6, 6.07) is 13.3. The summed E-state index contributed by atoms with van der Waals surface area (Å²) in [4.78, 5) is 31.6. The van der Waals surface area contributed by atoms with E-state index in [9.17, 15) is 9.59 Å². The van der Waals surface area contributed by atoms with Gasteiger partial charge in [0, 0.05) is 12.1 Å². The highest BCUT2D eigenvalue weighted by molar-refractivity contribution is 6.31. The van der Waals surface area contributed by atoms with Gasteiger partial charge in [0.05, 0.1) is 23.3 Å². The summed E-state index contributed by atoms with van der Waals surface area (Å²) in [5.74, 6) is -0.109. The van der Waals surface area contributed by atoms with Gasteiger partial charge in [-0.25, -0.2) is 4.98 Å². The molecule has 0 bridgehead atoms. The van der Waals surface area contributed by atoms with E-state index in [0.29, 0.717) is 15.9 Å². The van der Waals surface area contributed by atoms with Crippen LogP contribution in [-0.4, -0.2) is 27.4 Å². The minimum absolute atomic E-state index is 0.0382. The van der Waals surface area contributed by atoms with Crippen LogP contribution in [0.25, 0.3) is 10.9 Å². The standard InChI is InChI=1S/C21H20ClN3O2/c1-24(19-8-4-6-14-5-2-3-7-16(14)19)20(26)12-25-13-23-18-10-9-15(22)11-17(18)21(25)27/h2-3,5,7,9-11,13,19H,4,6,8,12H2,1H3. The molecule has 2 aromatic carbocycles. The number of hydrogen-bond acceptors (Lipinski definition) is 3. The Hall–Kier alpha value is -2.66. The normalized spacial score (nSPS) is 16.1. The third-order valence-electron chi connectivity index (χ3n) is 5.29. The van der Waals surface area contributed by atoms with Crippen LogP contribution in [0.15, 0.2) is 53.6 Å². The van der Waals surface area contributed by atoms with Gasteiger partial charge in [-0.15, -0.1) is 0 Å². The Morgan fingerprint density at radius 2 is 2.11 bits per heavy atom. The van der Waals surface area contributed by atoms with Crippen molar-refractivity contribution in [3.05, 3.63) is 75.3 Å². The molecule has 4 rings (SSSR count). The molecule has 6 heteroatoms. The predicted octanol–water partition coefficient (Wildman–Crippen LogP) is 3.59. The first-order valence-electron chi connectivity index (χ1n) is 9.03. The number of rotatable bonds is 3. The molecule has 0 aliphatic heterocycles. The molecule has 1 aliphatic carbocycles. The number of aryl methyl sites for hydroxylation is 1. The molecule has 0 spiro atoms. The number of benzene rings is 2. The molecule has 1 aromatic heterocycles. The Bertz CT molecular complexity index is 1080. The molecule has 0 saturated heterocycles. The number of hydrogen-bond donors (Lipinski definition) is 0. The number of likely N-dealkylation sites (N-methyl/N-ethyl adjacent to an activating group) is 1. The molecule has 3 aromatic rings. The molecule has 1 atom stereocenters. The topological polar surface area (TPSA) is 55.2 Å². The first kappa shape index (κ1) is 17.7. The lowest BCUT2D eigenvalue weighted by Gasteiger charge is -2.33. The highest BCUT2D eigenvalue weighted by atomic mass is 35.5.